The van der Waals surface area contributed by atoms with Gasteiger partial charge in [-0.05, 0) is 48.9 Å². The van der Waals surface area contributed by atoms with Crippen molar-refractivity contribution in [1.29, 1.82) is 0 Å². The molecule has 0 saturated heterocycles. The lowest BCUT2D eigenvalue weighted by molar-refractivity contribution is 0.329. The molecule has 2 bridgehead atoms. The van der Waals surface area contributed by atoms with E-state index in [2.05, 4.69) is 0 Å². The fourth-order valence-electron chi connectivity index (χ4n) is 5.92. The van der Waals surface area contributed by atoms with Crippen LogP contribution in [0.3, 0.4) is 0 Å². The summed E-state index contributed by atoms with van der Waals surface area (Å²) in [5.74, 6) is -0.143. The Morgan fingerprint density at radius 1 is 0.786 bits per heavy atom. The molecular formula is C22H22O4S2. The third-order valence-electron chi connectivity index (χ3n) is 6.95. The Morgan fingerprint density at radius 2 is 1.36 bits per heavy atom. The van der Waals surface area contributed by atoms with E-state index < -0.39 is 35.6 Å². The Hall–Kier alpha value is -1.92. The topological polar surface area (TPSA) is 68.3 Å². The lowest BCUT2D eigenvalue weighted by Gasteiger charge is -2.35. The second-order valence-corrected chi connectivity index (χ2v) is 12.3. The summed E-state index contributed by atoms with van der Waals surface area (Å²) in [6.45, 7) is 0. The monoisotopic (exact) mass is 414 g/mol. The van der Waals surface area contributed by atoms with Crippen LogP contribution in [0.1, 0.15) is 19.3 Å². The lowest BCUT2D eigenvalue weighted by atomic mass is 9.82. The minimum Gasteiger partial charge on any atom is -0.223 e. The molecule has 2 saturated carbocycles. The Balaban J connectivity index is 1.72. The van der Waals surface area contributed by atoms with Crippen LogP contribution in [0.5, 0.6) is 0 Å². The van der Waals surface area contributed by atoms with E-state index in [4.69, 9.17) is 0 Å². The van der Waals surface area contributed by atoms with Crippen LogP contribution in [-0.4, -0.2) is 27.3 Å². The van der Waals surface area contributed by atoms with E-state index in [9.17, 15) is 16.8 Å². The average molecular weight is 415 g/mol. The van der Waals surface area contributed by atoms with Gasteiger partial charge in [0.1, 0.15) is 0 Å². The third-order valence-corrected chi connectivity index (χ3v) is 11.7. The van der Waals surface area contributed by atoms with Gasteiger partial charge in [-0.1, -0.05) is 55.0 Å². The standard InChI is InChI=1S/C22H22O4S2/c23-27(24,16-8-3-1-4-9-16)20-18-13-15-22(14-7-12-19(18)22)21(20)28(25,26)17-10-5-2-6-11-17/h1-6,8-11,13,15,18-21H,7,12,14H2/t18-,19-,20+,21-,22+/m0/s1. The first-order valence-electron chi connectivity index (χ1n) is 9.66. The SMILES string of the molecule is O=S(=O)(c1ccccc1)[C@@H]1[C@H]2C=C[C@@]3(CCC[C@@H]23)[C@H]1S(=O)(=O)c1ccccc1. The minimum absolute atomic E-state index is 0.0967. The molecule has 4 nitrogen and oxygen atoms in total. The lowest BCUT2D eigenvalue weighted by Crippen LogP contribution is -2.47. The van der Waals surface area contributed by atoms with Crippen LogP contribution in [0.25, 0.3) is 0 Å². The van der Waals surface area contributed by atoms with E-state index in [0.717, 1.165) is 19.3 Å². The number of allylic oxidation sites excluding steroid dienone is 2. The molecule has 28 heavy (non-hydrogen) atoms. The summed E-state index contributed by atoms with van der Waals surface area (Å²) in [7, 11) is -7.59. The predicted octanol–water partition coefficient (Wildman–Crippen LogP) is 3.66. The Labute approximate surface area is 166 Å². The van der Waals surface area contributed by atoms with Crippen LogP contribution < -0.4 is 0 Å². The second kappa shape index (κ2) is 6.04. The van der Waals surface area contributed by atoms with Crippen molar-refractivity contribution < 1.29 is 16.8 Å². The zero-order valence-corrected chi connectivity index (χ0v) is 16.9. The van der Waals surface area contributed by atoms with Crippen molar-refractivity contribution in [2.45, 2.75) is 39.6 Å². The minimum atomic E-state index is -3.80. The molecular weight excluding hydrogens is 392 g/mol. The van der Waals surface area contributed by atoms with Gasteiger partial charge in [0, 0.05) is 5.41 Å². The van der Waals surface area contributed by atoms with Gasteiger partial charge in [0.05, 0.1) is 20.3 Å². The molecule has 3 aliphatic carbocycles. The van der Waals surface area contributed by atoms with Crippen molar-refractivity contribution in [1.82, 2.24) is 0 Å². The quantitative estimate of drug-likeness (QED) is 0.716. The number of sulfone groups is 2. The van der Waals surface area contributed by atoms with Gasteiger partial charge in [-0.2, -0.15) is 0 Å². The van der Waals surface area contributed by atoms with Crippen molar-refractivity contribution in [2.75, 3.05) is 0 Å². The zero-order chi connectivity index (χ0) is 19.6. The molecule has 0 spiro atoms. The van der Waals surface area contributed by atoms with Gasteiger partial charge >= 0.3 is 0 Å². The normalized spacial score (nSPS) is 33.9. The van der Waals surface area contributed by atoms with E-state index >= 15 is 0 Å². The Bertz CT molecular complexity index is 1140. The predicted molar refractivity (Wildman–Crippen MR) is 107 cm³/mol. The number of benzene rings is 2. The van der Waals surface area contributed by atoms with Gasteiger partial charge in [0.25, 0.3) is 0 Å². The molecule has 2 aromatic rings. The van der Waals surface area contributed by atoms with E-state index in [1.165, 1.54) is 0 Å². The van der Waals surface area contributed by atoms with Crippen LogP contribution >= 0.6 is 0 Å². The number of hydrogen-bond acceptors (Lipinski definition) is 4. The largest absolute Gasteiger partial charge is 0.223 e. The second-order valence-electron chi connectivity index (χ2n) is 8.15. The highest BCUT2D eigenvalue weighted by Crippen LogP contribution is 2.66. The molecule has 0 heterocycles. The van der Waals surface area contributed by atoms with E-state index in [-0.39, 0.29) is 21.6 Å². The van der Waals surface area contributed by atoms with Gasteiger partial charge in [-0.3, -0.25) is 0 Å². The first-order chi connectivity index (χ1) is 13.4. The van der Waals surface area contributed by atoms with Crippen molar-refractivity contribution in [3.05, 3.63) is 72.8 Å². The number of rotatable bonds is 4. The highest BCUT2D eigenvalue weighted by molar-refractivity contribution is 7.96. The summed E-state index contributed by atoms with van der Waals surface area (Å²) in [6.07, 6.45) is 6.58. The molecule has 2 aromatic carbocycles. The van der Waals surface area contributed by atoms with Gasteiger partial charge in [-0.15, -0.1) is 0 Å². The van der Waals surface area contributed by atoms with Crippen LogP contribution in [0.4, 0.5) is 0 Å². The molecule has 0 amide bonds. The van der Waals surface area contributed by atoms with Crippen LogP contribution in [-0.2, 0) is 19.7 Å². The molecule has 0 unspecified atom stereocenters. The Morgan fingerprint density at radius 3 is 1.96 bits per heavy atom. The fourth-order valence-corrected chi connectivity index (χ4v) is 11.2. The molecule has 5 rings (SSSR count). The average Bonchev–Trinajstić information content (AvgIpc) is 3.34. The third kappa shape index (κ3) is 2.28. The van der Waals surface area contributed by atoms with Crippen LogP contribution in [0.2, 0.25) is 0 Å². The van der Waals surface area contributed by atoms with Crippen molar-refractivity contribution in [3.8, 4) is 0 Å². The molecule has 0 aromatic heterocycles. The van der Waals surface area contributed by atoms with Gasteiger partial charge < -0.3 is 0 Å². The molecule has 2 fully saturated rings. The molecule has 3 aliphatic rings. The molecule has 146 valence electrons. The van der Waals surface area contributed by atoms with Gasteiger partial charge in [-0.25, -0.2) is 16.8 Å². The molecule has 0 aliphatic heterocycles. The van der Waals surface area contributed by atoms with Crippen LogP contribution in [0, 0.1) is 17.3 Å². The summed E-state index contributed by atoms with van der Waals surface area (Å²) in [5, 5.41) is -1.87. The Kier molecular flexibility index (Phi) is 3.91. The summed E-state index contributed by atoms with van der Waals surface area (Å²) >= 11 is 0. The fraction of sp³-hybridized carbons (Fsp3) is 0.364. The number of hydrogen-bond donors (Lipinski definition) is 0. The van der Waals surface area contributed by atoms with E-state index in [0.29, 0.717) is 0 Å². The first kappa shape index (κ1) is 18.1. The van der Waals surface area contributed by atoms with Crippen LogP contribution in [0.15, 0.2) is 82.6 Å². The first-order valence-corrected chi connectivity index (χ1v) is 12.8. The van der Waals surface area contributed by atoms with E-state index in [1.807, 2.05) is 12.2 Å². The van der Waals surface area contributed by atoms with Gasteiger partial charge in [0.15, 0.2) is 19.7 Å². The van der Waals surface area contributed by atoms with Crippen molar-refractivity contribution >= 4 is 19.7 Å². The molecule has 0 N–H and O–H groups in total. The summed E-state index contributed by atoms with van der Waals surface area (Å²) in [4.78, 5) is 0.429. The smallest absolute Gasteiger partial charge is 0.183 e. The van der Waals surface area contributed by atoms with Crippen molar-refractivity contribution in [2.24, 2.45) is 17.3 Å². The highest BCUT2D eigenvalue weighted by atomic mass is 32.2. The summed E-state index contributed by atoms with van der Waals surface area (Å²) in [5.41, 5.74) is -0.564. The maximum atomic E-state index is 13.8. The zero-order valence-electron chi connectivity index (χ0n) is 15.3. The van der Waals surface area contributed by atoms with E-state index in [1.54, 1.807) is 60.7 Å². The molecule has 0 radical (unpaired) electrons. The summed E-state index contributed by atoms with van der Waals surface area (Å²) < 4.78 is 54.8. The highest BCUT2D eigenvalue weighted by Gasteiger charge is 2.70. The molecule has 5 atom stereocenters. The van der Waals surface area contributed by atoms with Crippen molar-refractivity contribution in [3.63, 3.8) is 0 Å². The maximum absolute atomic E-state index is 13.8. The summed E-state index contributed by atoms with van der Waals surface area (Å²) in [6, 6.07) is 16.6. The molecule has 6 heteroatoms. The van der Waals surface area contributed by atoms with Gasteiger partial charge in [0.2, 0.25) is 0 Å². The maximum Gasteiger partial charge on any atom is 0.183 e.